The molecule has 136 valence electrons. The van der Waals surface area contributed by atoms with E-state index in [-0.39, 0.29) is 5.56 Å². The van der Waals surface area contributed by atoms with Crippen LogP contribution in [0, 0.1) is 0 Å². The fraction of sp³-hybridized carbons (Fsp3) is 0.150. The predicted octanol–water partition coefficient (Wildman–Crippen LogP) is 4.12. The van der Waals surface area contributed by atoms with Gasteiger partial charge >= 0.3 is 0 Å². The average Bonchev–Trinajstić information content (AvgIpc) is 3.04. The van der Waals surface area contributed by atoms with Crippen LogP contribution in [-0.4, -0.2) is 19.3 Å². The van der Waals surface area contributed by atoms with Gasteiger partial charge in [-0.1, -0.05) is 65.8 Å². The van der Waals surface area contributed by atoms with Gasteiger partial charge in [0, 0.05) is 17.8 Å². The number of nitrogens with zero attached hydrogens (tertiary/aromatic N) is 4. The molecule has 0 radical (unpaired) electrons. The van der Waals surface area contributed by atoms with Crippen LogP contribution in [0.15, 0.2) is 70.7 Å². The number of thioether (sulfide) groups is 1. The predicted molar refractivity (Wildman–Crippen MR) is 109 cm³/mol. The fourth-order valence-electron chi connectivity index (χ4n) is 2.92. The Morgan fingerprint density at radius 1 is 1.07 bits per heavy atom. The van der Waals surface area contributed by atoms with Crippen molar-refractivity contribution in [1.29, 1.82) is 0 Å². The van der Waals surface area contributed by atoms with Gasteiger partial charge in [0.1, 0.15) is 5.52 Å². The zero-order valence-corrected chi connectivity index (χ0v) is 16.2. The van der Waals surface area contributed by atoms with Gasteiger partial charge < -0.3 is 0 Å². The molecule has 0 bridgehead atoms. The smallest absolute Gasteiger partial charge is 0.280 e. The van der Waals surface area contributed by atoms with Crippen molar-refractivity contribution in [2.24, 2.45) is 7.05 Å². The summed E-state index contributed by atoms with van der Waals surface area (Å²) in [4.78, 5) is 17.8. The molecule has 0 aliphatic heterocycles. The lowest BCUT2D eigenvalue weighted by Gasteiger charge is -2.12. The van der Waals surface area contributed by atoms with E-state index in [9.17, 15) is 4.79 Å². The van der Waals surface area contributed by atoms with Crippen LogP contribution in [0.2, 0.25) is 5.02 Å². The van der Waals surface area contributed by atoms with Gasteiger partial charge in [-0.25, -0.2) is 4.98 Å². The Morgan fingerprint density at radius 3 is 2.63 bits per heavy atom. The van der Waals surface area contributed by atoms with E-state index in [0.717, 1.165) is 11.1 Å². The monoisotopic (exact) mass is 396 g/mol. The molecule has 4 aromatic rings. The first-order valence-corrected chi connectivity index (χ1v) is 9.82. The summed E-state index contributed by atoms with van der Waals surface area (Å²) in [5.41, 5.74) is 3.17. The molecule has 27 heavy (non-hydrogen) atoms. The lowest BCUT2D eigenvalue weighted by Crippen LogP contribution is -2.25. The highest BCUT2D eigenvalue weighted by Crippen LogP contribution is 2.24. The van der Waals surface area contributed by atoms with Crippen LogP contribution in [0.3, 0.4) is 0 Å². The molecule has 2 aromatic carbocycles. The molecule has 4 rings (SSSR count). The van der Waals surface area contributed by atoms with Gasteiger partial charge in [-0.15, -0.1) is 0 Å². The van der Waals surface area contributed by atoms with Crippen LogP contribution in [-0.2, 0) is 19.3 Å². The van der Waals surface area contributed by atoms with Crippen molar-refractivity contribution in [3.8, 4) is 0 Å². The molecule has 0 spiro atoms. The van der Waals surface area contributed by atoms with E-state index >= 15 is 0 Å². The maximum atomic E-state index is 13.1. The van der Waals surface area contributed by atoms with Crippen LogP contribution in [0.1, 0.15) is 11.1 Å². The van der Waals surface area contributed by atoms with Crippen LogP contribution < -0.4 is 5.56 Å². The number of halogens is 1. The van der Waals surface area contributed by atoms with E-state index in [2.05, 4.69) is 5.10 Å². The first-order chi connectivity index (χ1) is 13.1. The van der Waals surface area contributed by atoms with Crippen molar-refractivity contribution in [2.45, 2.75) is 17.5 Å². The van der Waals surface area contributed by atoms with E-state index in [0.29, 0.717) is 33.5 Å². The molecule has 0 unspecified atom stereocenters. The van der Waals surface area contributed by atoms with Crippen LogP contribution in [0.4, 0.5) is 0 Å². The first-order valence-electron chi connectivity index (χ1n) is 8.45. The number of fused-ring (bicyclic) bond motifs is 1. The summed E-state index contributed by atoms with van der Waals surface area (Å²) in [5.74, 6) is 0.674. The van der Waals surface area contributed by atoms with E-state index in [1.807, 2.05) is 54.6 Å². The van der Waals surface area contributed by atoms with E-state index in [1.54, 1.807) is 22.5 Å². The zero-order valence-electron chi connectivity index (χ0n) is 14.7. The number of hydrogen-bond donors (Lipinski definition) is 0. The lowest BCUT2D eigenvalue weighted by molar-refractivity contribution is 0.651. The van der Waals surface area contributed by atoms with Gasteiger partial charge in [0.25, 0.3) is 5.56 Å². The third-order valence-corrected chi connectivity index (χ3v) is 5.54. The molecular weight excluding hydrogens is 380 g/mol. The Balaban J connectivity index is 1.75. The van der Waals surface area contributed by atoms with Crippen LogP contribution in [0.25, 0.3) is 11.0 Å². The van der Waals surface area contributed by atoms with Crippen LogP contribution >= 0.6 is 23.4 Å². The minimum Gasteiger partial charge on any atom is -0.281 e. The third kappa shape index (κ3) is 3.77. The van der Waals surface area contributed by atoms with Crippen molar-refractivity contribution < 1.29 is 0 Å². The summed E-state index contributed by atoms with van der Waals surface area (Å²) in [5, 5.41) is 5.56. The first kappa shape index (κ1) is 17.8. The maximum Gasteiger partial charge on any atom is 0.280 e. The standard InChI is InChI=1S/C20H17ClN4OS/c1-24-18-17(11-22-24)23-20(27-13-15-8-5-9-16(21)10-15)25(19(18)26)12-14-6-3-2-4-7-14/h2-11H,12-13H2,1H3. The molecule has 0 aliphatic carbocycles. The highest BCUT2D eigenvalue weighted by atomic mass is 35.5. The number of benzene rings is 2. The second-order valence-electron chi connectivity index (χ2n) is 6.19. The summed E-state index contributed by atoms with van der Waals surface area (Å²) in [7, 11) is 1.76. The summed E-state index contributed by atoms with van der Waals surface area (Å²) in [6, 6.07) is 17.6. The highest BCUT2D eigenvalue weighted by molar-refractivity contribution is 7.98. The van der Waals surface area contributed by atoms with Crippen LogP contribution in [0.5, 0.6) is 0 Å². The van der Waals surface area contributed by atoms with E-state index in [4.69, 9.17) is 16.6 Å². The molecule has 2 aromatic heterocycles. The average molecular weight is 397 g/mol. The molecule has 0 aliphatic rings. The molecule has 5 nitrogen and oxygen atoms in total. The molecule has 0 atom stereocenters. The molecule has 0 amide bonds. The van der Waals surface area contributed by atoms with Crippen molar-refractivity contribution in [2.75, 3.05) is 0 Å². The Bertz CT molecular complexity index is 1150. The summed E-state index contributed by atoms with van der Waals surface area (Å²) in [6.45, 7) is 0.464. The molecule has 7 heteroatoms. The summed E-state index contributed by atoms with van der Waals surface area (Å²) in [6.07, 6.45) is 1.63. The zero-order chi connectivity index (χ0) is 18.8. The Labute approximate surface area is 165 Å². The number of aromatic nitrogens is 4. The molecule has 0 saturated carbocycles. The Hall–Kier alpha value is -2.57. The van der Waals surface area contributed by atoms with Gasteiger partial charge in [0.15, 0.2) is 10.7 Å². The SMILES string of the molecule is Cn1ncc2nc(SCc3cccc(Cl)c3)n(Cc3ccccc3)c(=O)c21. The lowest BCUT2D eigenvalue weighted by atomic mass is 10.2. The molecule has 0 N–H and O–H groups in total. The Kier molecular flexibility index (Phi) is 5.01. The number of aryl methyl sites for hydroxylation is 1. The quantitative estimate of drug-likeness (QED) is 0.376. The van der Waals surface area contributed by atoms with Gasteiger partial charge in [-0.2, -0.15) is 5.10 Å². The number of rotatable bonds is 5. The Morgan fingerprint density at radius 2 is 1.85 bits per heavy atom. The number of hydrogen-bond acceptors (Lipinski definition) is 4. The molecule has 2 heterocycles. The maximum absolute atomic E-state index is 13.1. The normalized spacial score (nSPS) is 11.2. The van der Waals surface area contributed by atoms with Crippen molar-refractivity contribution in [1.82, 2.24) is 19.3 Å². The van der Waals surface area contributed by atoms with E-state index < -0.39 is 0 Å². The van der Waals surface area contributed by atoms with Gasteiger partial charge in [-0.3, -0.25) is 14.0 Å². The topological polar surface area (TPSA) is 52.7 Å². The second-order valence-corrected chi connectivity index (χ2v) is 7.57. The minimum absolute atomic E-state index is 0.0857. The summed E-state index contributed by atoms with van der Waals surface area (Å²) >= 11 is 7.60. The van der Waals surface area contributed by atoms with Gasteiger partial charge in [0.05, 0.1) is 12.7 Å². The fourth-order valence-corrected chi connectivity index (χ4v) is 4.08. The minimum atomic E-state index is -0.0857. The van der Waals surface area contributed by atoms with Gasteiger partial charge in [0.2, 0.25) is 0 Å². The molecule has 0 fully saturated rings. The molecular formula is C20H17ClN4OS. The summed E-state index contributed by atoms with van der Waals surface area (Å²) < 4.78 is 3.30. The van der Waals surface area contributed by atoms with Crippen molar-refractivity contribution in [3.63, 3.8) is 0 Å². The van der Waals surface area contributed by atoms with Gasteiger partial charge in [-0.05, 0) is 23.3 Å². The van der Waals surface area contributed by atoms with Crippen molar-refractivity contribution >= 4 is 34.4 Å². The van der Waals surface area contributed by atoms with Crippen molar-refractivity contribution in [3.05, 3.63) is 87.3 Å². The van der Waals surface area contributed by atoms with E-state index in [1.165, 1.54) is 11.8 Å². The third-order valence-electron chi connectivity index (χ3n) is 4.25. The second kappa shape index (κ2) is 7.58. The largest absolute Gasteiger partial charge is 0.281 e. The highest BCUT2D eigenvalue weighted by Gasteiger charge is 2.15. The molecule has 0 saturated heterocycles.